The first kappa shape index (κ1) is 15.1. The maximum atomic E-state index is 12.3. The predicted molar refractivity (Wildman–Crippen MR) is 89.3 cm³/mol. The van der Waals surface area contributed by atoms with Crippen molar-refractivity contribution in [3.63, 3.8) is 0 Å². The molecule has 1 atom stereocenters. The summed E-state index contributed by atoms with van der Waals surface area (Å²) < 4.78 is 5.28. The number of fused-ring (bicyclic) bond motifs is 1. The quantitative estimate of drug-likeness (QED) is 0.761. The van der Waals surface area contributed by atoms with E-state index < -0.39 is 0 Å². The molecule has 5 heteroatoms. The fourth-order valence-corrected chi connectivity index (χ4v) is 2.56. The van der Waals surface area contributed by atoms with E-state index in [-0.39, 0.29) is 18.4 Å². The summed E-state index contributed by atoms with van der Waals surface area (Å²) in [7, 11) is 1.60. The molecule has 23 heavy (non-hydrogen) atoms. The van der Waals surface area contributed by atoms with Crippen LogP contribution in [0.25, 0.3) is 11.0 Å². The highest BCUT2D eigenvalue weighted by Gasteiger charge is 2.15. The molecule has 2 aromatic carbocycles. The molecule has 3 aromatic rings. The molecule has 3 rings (SSSR count). The van der Waals surface area contributed by atoms with Crippen molar-refractivity contribution in [2.75, 3.05) is 7.11 Å². The molecule has 0 radical (unpaired) electrons. The van der Waals surface area contributed by atoms with Crippen LogP contribution in [-0.2, 0) is 11.2 Å². The van der Waals surface area contributed by atoms with Crippen LogP contribution in [-0.4, -0.2) is 23.0 Å². The number of aromatic amines is 1. The van der Waals surface area contributed by atoms with Crippen molar-refractivity contribution in [3.8, 4) is 5.75 Å². The Hall–Kier alpha value is -2.82. The maximum Gasteiger partial charge on any atom is 0.225 e. The number of H-pyrrole nitrogens is 1. The van der Waals surface area contributed by atoms with E-state index in [0.29, 0.717) is 0 Å². The van der Waals surface area contributed by atoms with E-state index in [1.165, 1.54) is 0 Å². The molecule has 0 spiro atoms. The lowest BCUT2D eigenvalue weighted by molar-refractivity contribution is -0.121. The van der Waals surface area contributed by atoms with Gasteiger partial charge in [-0.15, -0.1) is 0 Å². The zero-order chi connectivity index (χ0) is 16.2. The van der Waals surface area contributed by atoms with Crippen molar-refractivity contribution in [3.05, 3.63) is 59.9 Å². The third kappa shape index (κ3) is 3.34. The largest absolute Gasteiger partial charge is 0.496 e. The summed E-state index contributed by atoms with van der Waals surface area (Å²) in [4.78, 5) is 20.0. The molecule has 0 aliphatic carbocycles. The highest BCUT2D eigenvalue weighted by atomic mass is 16.5. The molecule has 1 unspecified atom stereocenters. The maximum absolute atomic E-state index is 12.3. The first-order chi connectivity index (χ1) is 11.2. The third-order valence-corrected chi connectivity index (χ3v) is 3.74. The number of benzene rings is 2. The SMILES string of the molecule is COc1ccccc1CC(=O)NC(C)c1nc2ccccc2[nH]1. The van der Waals surface area contributed by atoms with Gasteiger partial charge < -0.3 is 15.0 Å². The van der Waals surface area contributed by atoms with E-state index >= 15 is 0 Å². The topological polar surface area (TPSA) is 67.0 Å². The molecule has 2 N–H and O–H groups in total. The lowest BCUT2D eigenvalue weighted by Gasteiger charge is -2.12. The summed E-state index contributed by atoms with van der Waals surface area (Å²) >= 11 is 0. The van der Waals surface area contributed by atoms with Crippen LogP contribution in [0.15, 0.2) is 48.5 Å². The number of amides is 1. The van der Waals surface area contributed by atoms with Crippen molar-refractivity contribution in [2.45, 2.75) is 19.4 Å². The fraction of sp³-hybridized carbons (Fsp3) is 0.222. The highest BCUT2D eigenvalue weighted by Crippen LogP contribution is 2.19. The average molecular weight is 309 g/mol. The number of carbonyl (C=O) groups excluding carboxylic acids is 1. The highest BCUT2D eigenvalue weighted by molar-refractivity contribution is 5.80. The van der Waals surface area contributed by atoms with Crippen molar-refractivity contribution in [2.24, 2.45) is 0 Å². The minimum absolute atomic E-state index is 0.0672. The molecule has 0 saturated carbocycles. The van der Waals surface area contributed by atoms with Crippen LogP contribution in [0, 0.1) is 0 Å². The van der Waals surface area contributed by atoms with Crippen molar-refractivity contribution in [1.82, 2.24) is 15.3 Å². The van der Waals surface area contributed by atoms with Gasteiger partial charge in [-0.2, -0.15) is 0 Å². The summed E-state index contributed by atoms with van der Waals surface area (Å²) in [6, 6.07) is 15.1. The second kappa shape index (κ2) is 6.52. The normalized spacial score (nSPS) is 12.1. The molecule has 0 bridgehead atoms. The van der Waals surface area contributed by atoms with Crippen LogP contribution >= 0.6 is 0 Å². The van der Waals surface area contributed by atoms with E-state index in [2.05, 4.69) is 15.3 Å². The summed E-state index contributed by atoms with van der Waals surface area (Å²) in [5, 5.41) is 2.97. The Bertz CT molecular complexity index is 793. The second-order valence-electron chi connectivity index (χ2n) is 5.42. The van der Waals surface area contributed by atoms with Crippen molar-refractivity contribution >= 4 is 16.9 Å². The third-order valence-electron chi connectivity index (χ3n) is 3.74. The van der Waals surface area contributed by atoms with Gasteiger partial charge in [0, 0.05) is 5.56 Å². The molecular weight excluding hydrogens is 290 g/mol. The van der Waals surface area contributed by atoms with Gasteiger partial charge in [-0.1, -0.05) is 30.3 Å². The Morgan fingerprint density at radius 2 is 1.96 bits per heavy atom. The summed E-state index contributed by atoms with van der Waals surface area (Å²) in [5.74, 6) is 1.40. The Labute approximate surface area is 134 Å². The van der Waals surface area contributed by atoms with Gasteiger partial charge in [-0.05, 0) is 25.1 Å². The molecule has 1 aromatic heterocycles. The van der Waals surface area contributed by atoms with Crippen molar-refractivity contribution < 1.29 is 9.53 Å². The van der Waals surface area contributed by atoms with E-state index in [1.807, 2.05) is 55.5 Å². The minimum Gasteiger partial charge on any atom is -0.496 e. The van der Waals surface area contributed by atoms with Gasteiger partial charge in [0.2, 0.25) is 5.91 Å². The van der Waals surface area contributed by atoms with Gasteiger partial charge in [0.25, 0.3) is 0 Å². The molecule has 0 aliphatic heterocycles. The van der Waals surface area contributed by atoms with Crippen LogP contribution in [0.5, 0.6) is 5.75 Å². The number of methoxy groups -OCH3 is 1. The number of hydrogen-bond acceptors (Lipinski definition) is 3. The van der Waals surface area contributed by atoms with E-state index in [9.17, 15) is 4.79 Å². The predicted octanol–water partition coefficient (Wildman–Crippen LogP) is 2.99. The van der Waals surface area contributed by atoms with Gasteiger partial charge in [-0.25, -0.2) is 4.98 Å². The van der Waals surface area contributed by atoms with Crippen LogP contribution in [0.4, 0.5) is 0 Å². The minimum atomic E-state index is -0.190. The monoisotopic (exact) mass is 309 g/mol. The van der Waals surface area contributed by atoms with E-state index in [1.54, 1.807) is 7.11 Å². The zero-order valence-electron chi connectivity index (χ0n) is 13.2. The Morgan fingerprint density at radius 3 is 2.74 bits per heavy atom. The van der Waals surface area contributed by atoms with E-state index in [4.69, 9.17) is 4.74 Å². The number of nitrogens with zero attached hydrogens (tertiary/aromatic N) is 1. The van der Waals surface area contributed by atoms with Crippen LogP contribution in [0.2, 0.25) is 0 Å². The molecule has 0 fully saturated rings. The number of hydrogen-bond donors (Lipinski definition) is 2. The van der Waals surface area contributed by atoms with Gasteiger partial charge in [-0.3, -0.25) is 4.79 Å². The molecule has 1 heterocycles. The first-order valence-corrected chi connectivity index (χ1v) is 7.53. The van der Waals surface area contributed by atoms with Gasteiger partial charge >= 0.3 is 0 Å². The summed E-state index contributed by atoms with van der Waals surface area (Å²) in [6.45, 7) is 1.91. The molecular formula is C18H19N3O2. The number of carbonyl (C=O) groups is 1. The van der Waals surface area contributed by atoms with Crippen molar-refractivity contribution in [1.29, 1.82) is 0 Å². The average Bonchev–Trinajstić information content (AvgIpc) is 2.99. The van der Waals surface area contributed by atoms with Gasteiger partial charge in [0.05, 0.1) is 30.6 Å². The number of para-hydroxylation sites is 3. The number of rotatable bonds is 5. The fourth-order valence-electron chi connectivity index (χ4n) is 2.56. The lowest BCUT2D eigenvalue weighted by atomic mass is 10.1. The second-order valence-corrected chi connectivity index (χ2v) is 5.42. The lowest BCUT2D eigenvalue weighted by Crippen LogP contribution is -2.28. The molecule has 0 aliphatic rings. The van der Waals surface area contributed by atoms with Gasteiger partial charge in [0.1, 0.15) is 11.6 Å². The Morgan fingerprint density at radius 1 is 1.22 bits per heavy atom. The number of aromatic nitrogens is 2. The van der Waals surface area contributed by atoms with Crippen LogP contribution in [0.1, 0.15) is 24.4 Å². The zero-order valence-corrected chi connectivity index (χ0v) is 13.2. The van der Waals surface area contributed by atoms with E-state index in [0.717, 1.165) is 28.2 Å². The molecule has 118 valence electrons. The summed E-state index contributed by atoms with van der Waals surface area (Å²) in [5.41, 5.74) is 2.73. The Balaban J connectivity index is 1.69. The molecule has 5 nitrogen and oxygen atoms in total. The Kier molecular flexibility index (Phi) is 4.28. The number of nitrogens with one attached hydrogen (secondary N) is 2. The standard InChI is InChI=1S/C18H19N3O2/c1-12(18-20-14-8-4-5-9-15(14)21-18)19-17(22)11-13-7-3-6-10-16(13)23-2/h3-10,12H,11H2,1-2H3,(H,19,22)(H,20,21). The number of ether oxygens (including phenoxy) is 1. The number of imidazole rings is 1. The molecule has 1 amide bonds. The van der Waals surface area contributed by atoms with Crippen LogP contribution < -0.4 is 10.1 Å². The first-order valence-electron chi connectivity index (χ1n) is 7.53. The van der Waals surface area contributed by atoms with Crippen LogP contribution in [0.3, 0.4) is 0 Å². The molecule has 0 saturated heterocycles. The summed E-state index contributed by atoms with van der Waals surface area (Å²) in [6.07, 6.45) is 0.272. The smallest absolute Gasteiger partial charge is 0.225 e. The van der Waals surface area contributed by atoms with Gasteiger partial charge in [0.15, 0.2) is 0 Å².